The van der Waals surface area contributed by atoms with Crippen LogP contribution in [-0.4, -0.2) is 51.6 Å². The van der Waals surface area contributed by atoms with E-state index in [9.17, 15) is 13.2 Å². The monoisotopic (exact) mass is 375 g/mol. The number of nitrogens with zero attached hydrogens (tertiary/aromatic N) is 3. The predicted molar refractivity (Wildman–Crippen MR) is 91.2 cm³/mol. The van der Waals surface area contributed by atoms with Crippen molar-refractivity contribution in [2.24, 2.45) is 5.11 Å². The third-order valence-corrected chi connectivity index (χ3v) is 4.35. The van der Waals surface area contributed by atoms with Crippen molar-refractivity contribution in [3.05, 3.63) is 22.1 Å². The minimum atomic E-state index is -3.81. The first kappa shape index (κ1) is 21.4. The Bertz CT molecular complexity index is 638. The van der Waals surface area contributed by atoms with Crippen molar-refractivity contribution in [2.75, 3.05) is 12.9 Å². The molecule has 0 aromatic rings. The van der Waals surface area contributed by atoms with Crippen LogP contribution >= 0.6 is 0 Å². The van der Waals surface area contributed by atoms with E-state index in [4.69, 9.17) is 19.2 Å². The summed E-state index contributed by atoms with van der Waals surface area (Å²) >= 11 is 0. The number of azide groups is 1. The van der Waals surface area contributed by atoms with Gasteiger partial charge in [-0.05, 0) is 37.8 Å². The molecular weight excluding hydrogens is 350 g/mol. The summed E-state index contributed by atoms with van der Waals surface area (Å²) in [5.41, 5.74) is 9.08. The zero-order valence-corrected chi connectivity index (χ0v) is 15.7. The highest BCUT2D eigenvalue weighted by atomic mass is 32.2. The SMILES string of the molecule is CCOC(=O)C1=CC(OC(CC)CC)C(OS(C)(=O)=O)C(N=[N+]=[N-])C1. The summed E-state index contributed by atoms with van der Waals surface area (Å²) in [5, 5.41) is 3.61. The maximum Gasteiger partial charge on any atom is 0.333 e. The molecule has 0 heterocycles. The van der Waals surface area contributed by atoms with Gasteiger partial charge in [-0.25, -0.2) is 4.79 Å². The molecule has 3 unspecified atom stereocenters. The lowest BCUT2D eigenvalue weighted by Crippen LogP contribution is -2.45. The van der Waals surface area contributed by atoms with E-state index in [0.29, 0.717) is 12.8 Å². The van der Waals surface area contributed by atoms with E-state index in [2.05, 4.69) is 10.0 Å². The minimum Gasteiger partial charge on any atom is -0.463 e. The molecule has 25 heavy (non-hydrogen) atoms. The quantitative estimate of drug-likeness (QED) is 0.200. The molecule has 0 saturated carbocycles. The maximum absolute atomic E-state index is 12.1. The van der Waals surface area contributed by atoms with Crippen LogP contribution in [0.1, 0.15) is 40.0 Å². The molecule has 0 amide bonds. The normalized spacial score (nSPS) is 23.7. The Morgan fingerprint density at radius 3 is 2.52 bits per heavy atom. The molecule has 0 radical (unpaired) electrons. The van der Waals surface area contributed by atoms with Gasteiger partial charge >= 0.3 is 5.97 Å². The topological polar surface area (TPSA) is 128 Å². The van der Waals surface area contributed by atoms with Gasteiger partial charge in [-0.15, -0.1) is 0 Å². The summed E-state index contributed by atoms with van der Waals surface area (Å²) in [7, 11) is -3.81. The van der Waals surface area contributed by atoms with Crippen molar-refractivity contribution < 1.29 is 26.9 Å². The molecular formula is C15H25N3O6S. The molecule has 0 fully saturated rings. The van der Waals surface area contributed by atoms with Crippen molar-refractivity contribution in [1.82, 2.24) is 0 Å². The maximum atomic E-state index is 12.1. The first-order chi connectivity index (χ1) is 11.8. The van der Waals surface area contributed by atoms with Gasteiger partial charge in [0.05, 0.1) is 25.0 Å². The van der Waals surface area contributed by atoms with Gasteiger partial charge in [0.25, 0.3) is 10.1 Å². The number of carbonyl (C=O) groups is 1. The van der Waals surface area contributed by atoms with E-state index < -0.39 is 34.3 Å². The summed E-state index contributed by atoms with van der Waals surface area (Å²) in [6.07, 6.45) is 1.81. The van der Waals surface area contributed by atoms with Crippen molar-refractivity contribution in [3.8, 4) is 0 Å². The van der Waals surface area contributed by atoms with Gasteiger partial charge in [-0.2, -0.15) is 8.42 Å². The van der Waals surface area contributed by atoms with Gasteiger partial charge in [0.1, 0.15) is 12.2 Å². The highest BCUT2D eigenvalue weighted by Crippen LogP contribution is 2.29. The Morgan fingerprint density at radius 1 is 1.40 bits per heavy atom. The molecule has 0 aromatic heterocycles. The largest absolute Gasteiger partial charge is 0.463 e. The molecule has 10 heteroatoms. The smallest absolute Gasteiger partial charge is 0.333 e. The molecule has 1 rings (SSSR count). The van der Waals surface area contributed by atoms with Crippen LogP contribution < -0.4 is 0 Å². The first-order valence-corrected chi connectivity index (χ1v) is 10.0. The third-order valence-electron chi connectivity index (χ3n) is 3.78. The zero-order chi connectivity index (χ0) is 19.0. The zero-order valence-electron chi connectivity index (χ0n) is 14.9. The number of hydrogen-bond donors (Lipinski definition) is 0. The lowest BCUT2D eigenvalue weighted by Gasteiger charge is -2.35. The van der Waals surface area contributed by atoms with Gasteiger partial charge in [0.15, 0.2) is 0 Å². The standard InChI is InChI=1S/C15H25N3O6S/c1-5-11(6-2)23-13-9-10(15(19)22-7-3)8-12(17-18-16)14(13)24-25(4,20)21/h9,11-14H,5-8H2,1-4H3. The molecule has 1 aliphatic rings. The van der Waals surface area contributed by atoms with Crippen LogP contribution in [0.5, 0.6) is 0 Å². The Morgan fingerprint density at radius 2 is 2.04 bits per heavy atom. The molecule has 0 spiro atoms. The van der Waals surface area contributed by atoms with Gasteiger partial charge in [0, 0.05) is 10.5 Å². The predicted octanol–water partition coefficient (Wildman–Crippen LogP) is 2.48. The molecule has 3 atom stereocenters. The molecule has 0 saturated heterocycles. The van der Waals surface area contributed by atoms with Crippen LogP contribution in [0.15, 0.2) is 16.8 Å². The lowest BCUT2D eigenvalue weighted by molar-refractivity contribution is -0.139. The van der Waals surface area contributed by atoms with Crippen molar-refractivity contribution in [3.63, 3.8) is 0 Å². The van der Waals surface area contributed by atoms with E-state index in [1.165, 1.54) is 6.08 Å². The van der Waals surface area contributed by atoms with Crippen molar-refractivity contribution >= 4 is 16.1 Å². The number of rotatable bonds is 9. The molecule has 0 bridgehead atoms. The van der Waals surface area contributed by atoms with E-state index in [1.54, 1.807) is 6.92 Å². The molecule has 0 N–H and O–H groups in total. The molecule has 142 valence electrons. The third kappa shape index (κ3) is 6.66. The Hall–Kier alpha value is -1.61. The molecule has 0 aliphatic heterocycles. The average molecular weight is 375 g/mol. The molecule has 9 nitrogen and oxygen atoms in total. The Balaban J connectivity index is 3.26. The number of ether oxygens (including phenoxy) is 2. The van der Waals surface area contributed by atoms with Crippen LogP contribution in [0.2, 0.25) is 0 Å². The highest BCUT2D eigenvalue weighted by Gasteiger charge is 2.39. The summed E-state index contributed by atoms with van der Waals surface area (Å²) < 4.78 is 39.3. The van der Waals surface area contributed by atoms with E-state index in [-0.39, 0.29) is 24.7 Å². The summed E-state index contributed by atoms with van der Waals surface area (Å²) in [6, 6.07) is -0.900. The van der Waals surface area contributed by atoms with Crippen LogP contribution in [0, 0.1) is 0 Å². The number of esters is 1. The first-order valence-electron chi connectivity index (χ1n) is 8.21. The Kier molecular flexibility index (Phi) is 8.37. The van der Waals surface area contributed by atoms with E-state index >= 15 is 0 Å². The van der Waals surface area contributed by atoms with E-state index in [0.717, 1.165) is 6.26 Å². The average Bonchev–Trinajstić information content (AvgIpc) is 2.54. The molecule has 1 aliphatic carbocycles. The summed E-state index contributed by atoms with van der Waals surface area (Å²) in [5.74, 6) is -0.545. The van der Waals surface area contributed by atoms with Gasteiger partial charge < -0.3 is 9.47 Å². The number of hydrogen-bond acceptors (Lipinski definition) is 7. The summed E-state index contributed by atoms with van der Waals surface area (Å²) in [6.45, 7) is 5.75. The minimum absolute atomic E-state index is 0.0197. The lowest BCUT2D eigenvalue weighted by atomic mass is 9.90. The van der Waals surface area contributed by atoms with Gasteiger partial charge in [-0.3, -0.25) is 4.18 Å². The van der Waals surface area contributed by atoms with Crippen LogP contribution in [0.3, 0.4) is 0 Å². The second-order valence-electron chi connectivity index (χ2n) is 5.69. The second kappa shape index (κ2) is 9.76. The van der Waals surface area contributed by atoms with Crippen LogP contribution in [0.25, 0.3) is 10.4 Å². The van der Waals surface area contributed by atoms with Crippen molar-refractivity contribution in [1.29, 1.82) is 0 Å². The fourth-order valence-electron chi connectivity index (χ4n) is 2.61. The second-order valence-corrected chi connectivity index (χ2v) is 7.29. The van der Waals surface area contributed by atoms with E-state index in [1.807, 2.05) is 13.8 Å². The Labute approximate surface area is 148 Å². The highest BCUT2D eigenvalue weighted by molar-refractivity contribution is 7.86. The molecule has 0 aromatic carbocycles. The van der Waals surface area contributed by atoms with Crippen molar-refractivity contribution in [2.45, 2.75) is 64.4 Å². The fourth-order valence-corrected chi connectivity index (χ4v) is 3.25. The van der Waals surface area contributed by atoms with Crippen LogP contribution in [-0.2, 0) is 28.6 Å². The van der Waals surface area contributed by atoms with Crippen LogP contribution in [0.4, 0.5) is 0 Å². The summed E-state index contributed by atoms with van der Waals surface area (Å²) in [4.78, 5) is 14.8. The number of carbonyl (C=O) groups excluding carboxylic acids is 1. The fraction of sp³-hybridized carbons (Fsp3) is 0.800. The van der Waals surface area contributed by atoms with Gasteiger partial charge in [-0.1, -0.05) is 19.0 Å². The van der Waals surface area contributed by atoms with Gasteiger partial charge in [0.2, 0.25) is 0 Å².